The maximum absolute atomic E-state index is 12.6. The summed E-state index contributed by atoms with van der Waals surface area (Å²) in [7, 11) is -4.72. The first-order chi connectivity index (χ1) is 28.1. The number of carboxylic acids is 1. The van der Waals surface area contributed by atoms with Crippen LogP contribution in [0.2, 0.25) is 0 Å². The van der Waals surface area contributed by atoms with Crippen LogP contribution in [0.1, 0.15) is 194 Å². The van der Waals surface area contributed by atoms with Crippen LogP contribution in [0.25, 0.3) is 0 Å². The zero-order valence-corrected chi connectivity index (χ0v) is 37.3. The van der Waals surface area contributed by atoms with E-state index in [0.29, 0.717) is 12.8 Å². The van der Waals surface area contributed by atoms with Crippen LogP contribution in [0.3, 0.4) is 0 Å². The smallest absolute Gasteiger partial charge is 0.472 e. The van der Waals surface area contributed by atoms with E-state index in [9.17, 15) is 23.8 Å². The monoisotopic (exact) mass is 840 g/mol. The number of rotatable bonds is 42. The quantitative estimate of drug-likeness (QED) is 0.0176. The van der Waals surface area contributed by atoms with Crippen molar-refractivity contribution < 1.29 is 47.5 Å². The van der Waals surface area contributed by atoms with Gasteiger partial charge < -0.3 is 25.2 Å². The van der Waals surface area contributed by atoms with Crippen LogP contribution >= 0.6 is 7.82 Å². The van der Waals surface area contributed by atoms with Crippen LogP contribution in [0.4, 0.5) is 0 Å². The van der Waals surface area contributed by atoms with E-state index >= 15 is 0 Å². The first kappa shape index (κ1) is 55.4. The summed E-state index contributed by atoms with van der Waals surface area (Å²) in [4.78, 5) is 46.0. The van der Waals surface area contributed by atoms with Gasteiger partial charge in [-0.05, 0) is 57.8 Å². The number of carboxylic acid groups (broad SMARTS) is 1. The highest BCUT2D eigenvalue weighted by molar-refractivity contribution is 7.47. The van der Waals surface area contributed by atoms with Gasteiger partial charge in [0.15, 0.2) is 6.10 Å². The number of ether oxygens (including phenoxy) is 2. The van der Waals surface area contributed by atoms with Crippen LogP contribution in [0, 0.1) is 0 Å². The number of hydrogen-bond acceptors (Lipinski definition) is 9. The van der Waals surface area contributed by atoms with Crippen molar-refractivity contribution in [1.82, 2.24) is 0 Å². The molecule has 0 aliphatic rings. The van der Waals surface area contributed by atoms with E-state index in [4.69, 9.17) is 24.8 Å². The molecule has 4 N–H and O–H groups in total. The maximum Gasteiger partial charge on any atom is 0.472 e. The second-order valence-electron chi connectivity index (χ2n) is 15.2. The van der Waals surface area contributed by atoms with Crippen molar-refractivity contribution in [1.29, 1.82) is 0 Å². The van der Waals surface area contributed by atoms with Gasteiger partial charge in [0.25, 0.3) is 0 Å². The molecule has 0 amide bonds. The van der Waals surface area contributed by atoms with Crippen molar-refractivity contribution in [3.05, 3.63) is 48.6 Å². The Bertz CT molecular complexity index is 1170. The molecule has 0 spiro atoms. The molecule has 2 unspecified atom stereocenters. The molecule has 12 heteroatoms. The van der Waals surface area contributed by atoms with Gasteiger partial charge in [0.2, 0.25) is 0 Å². The average Bonchev–Trinajstić information content (AvgIpc) is 3.20. The lowest BCUT2D eigenvalue weighted by molar-refractivity contribution is -0.161. The summed E-state index contributed by atoms with van der Waals surface area (Å²) < 4.78 is 32.7. The molecule has 0 saturated carbocycles. The zero-order chi connectivity index (χ0) is 42.8. The number of aliphatic carboxylic acids is 1. The molecule has 0 aliphatic heterocycles. The Labute approximate surface area is 352 Å². The molecule has 0 aromatic carbocycles. The molecule has 0 saturated heterocycles. The number of carbonyl (C=O) groups excluding carboxylic acids is 2. The number of phosphoric acid groups is 1. The summed E-state index contributed by atoms with van der Waals surface area (Å²) in [6, 6.07) is -1.53. The summed E-state index contributed by atoms with van der Waals surface area (Å²) in [5.41, 5.74) is 5.33. The molecular formula is C46H82NO10P. The van der Waals surface area contributed by atoms with Crippen LogP contribution in [-0.2, 0) is 37.5 Å². The van der Waals surface area contributed by atoms with Crippen molar-refractivity contribution >= 4 is 25.7 Å². The molecule has 0 fully saturated rings. The van der Waals surface area contributed by atoms with E-state index in [1.807, 2.05) is 24.3 Å². The maximum atomic E-state index is 12.6. The molecule has 11 nitrogen and oxygen atoms in total. The highest BCUT2D eigenvalue weighted by Crippen LogP contribution is 2.43. The van der Waals surface area contributed by atoms with Gasteiger partial charge in [0.1, 0.15) is 12.6 Å². The Morgan fingerprint density at radius 3 is 1.48 bits per heavy atom. The number of allylic oxidation sites excluding steroid dienone is 8. The van der Waals surface area contributed by atoms with Crippen molar-refractivity contribution in [3.63, 3.8) is 0 Å². The summed E-state index contributed by atoms with van der Waals surface area (Å²) >= 11 is 0. The lowest BCUT2D eigenvalue weighted by atomic mass is 10.1. The van der Waals surface area contributed by atoms with Crippen molar-refractivity contribution in [2.24, 2.45) is 5.73 Å². The van der Waals surface area contributed by atoms with E-state index in [-0.39, 0.29) is 19.4 Å². The number of unbranched alkanes of at least 4 members (excludes halogenated alkanes) is 22. The number of phosphoric ester groups is 1. The normalized spacial score (nSPS) is 14.1. The van der Waals surface area contributed by atoms with Crippen LogP contribution in [-0.4, -0.2) is 59.9 Å². The van der Waals surface area contributed by atoms with E-state index in [1.165, 1.54) is 89.9 Å². The van der Waals surface area contributed by atoms with Gasteiger partial charge in [-0.1, -0.05) is 172 Å². The second-order valence-corrected chi connectivity index (χ2v) is 16.7. The Morgan fingerprint density at radius 1 is 0.552 bits per heavy atom. The highest BCUT2D eigenvalue weighted by Gasteiger charge is 2.28. The van der Waals surface area contributed by atoms with Crippen LogP contribution in [0.5, 0.6) is 0 Å². The predicted molar refractivity (Wildman–Crippen MR) is 235 cm³/mol. The van der Waals surface area contributed by atoms with Crippen LogP contribution < -0.4 is 5.73 Å². The number of hydrogen-bond donors (Lipinski definition) is 3. The minimum atomic E-state index is -4.72. The van der Waals surface area contributed by atoms with E-state index in [0.717, 1.165) is 64.2 Å². The Hall–Kier alpha value is -2.56. The average molecular weight is 840 g/mol. The minimum absolute atomic E-state index is 0.136. The molecule has 0 bridgehead atoms. The third kappa shape index (κ3) is 40.2. The first-order valence-corrected chi connectivity index (χ1v) is 24.2. The van der Waals surface area contributed by atoms with E-state index < -0.39 is 51.1 Å². The third-order valence-corrected chi connectivity index (χ3v) is 10.6. The van der Waals surface area contributed by atoms with E-state index in [2.05, 4.69) is 42.7 Å². The van der Waals surface area contributed by atoms with Gasteiger partial charge in [-0.2, -0.15) is 0 Å². The molecule has 0 aliphatic carbocycles. The predicted octanol–water partition coefficient (Wildman–Crippen LogP) is 12.2. The summed E-state index contributed by atoms with van der Waals surface area (Å²) in [6.07, 6.45) is 46.1. The molecule has 3 atom stereocenters. The Balaban J connectivity index is 4.29. The van der Waals surface area contributed by atoms with Gasteiger partial charge >= 0.3 is 25.7 Å². The fourth-order valence-electron chi connectivity index (χ4n) is 6.06. The number of nitrogens with two attached hydrogens (primary N) is 1. The molecule has 0 aromatic heterocycles. The van der Waals surface area contributed by atoms with Gasteiger partial charge in [-0.15, -0.1) is 0 Å². The summed E-state index contributed by atoms with van der Waals surface area (Å²) in [5.74, 6) is -2.41. The van der Waals surface area contributed by atoms with Crippen LogP contribution in [0.15, 0.2) is 48.6 Å². The van der Waals surface area contributed by atoms with Crippen molar-refractivity contribution in [3.8, 4) is 0 Å². The minimum Gasteiger partial charge on any atom is -0.480 e. The van der Waals surface area contributed by atoms with Crippen molar-refractivity contribution in [2.45, 2.75) is 206 Å². The number of esters is 2. The zero-order valence-electron chi connectivity index (χ0n) is 36.4. The Morgan fingerprint density at radius 2 is 0.983 bits per heavy atom. The summed E-state index contributed by atoms with van der Waals surface area (Å²) in [6.45, 7) is 2.65. The van der Waals surface area contributed by atoms with Gasteiger partial charge in [-0.25, -0.2) is 4.57 Å². The number of carbonyl (C=O) groups is 3. The van der Waals surface area contributed by atoms with E-state index in [1.54, 1.807) is 0 Å². The largest absolute Gasteiger partial charge is 0.480 e. The fourth-order valence-corrected chi connectivity index (χ4v) is 6.84. The Kier molecular flexibility index (Phi) is 39.4. The molecular weight excluding hydrogens is 757 g/mol. The molecule has 0 rings (SSSR count). The van der Waals surface area contributed by atoms with Gasteiger partial charge in [0, 0.05) is 12.8 Å². The summed E-state index contributed by atoms with van der Waals surface area (Å²) in [5, 5.41) is 8.89. The SMILES string of the molecule is CC/C=C/C=C/C=C/CCCCCCCC(=O)OC(COC(=O)CCCCCCCCC/C=C/CCCCCCCCCCCC)COP(=O)(O)OC[C@H](N)C(=O)O. The molecule has 0 radical (unpaired) electrons. The fraction of sp³-hybridized carbons (Fsp3) is 0.761. The molecule has 0 aromatic rings. The van der Waals surface area contributed by atoms with Crippen molar-refractivity contribution in [2.75, 3.05) is 19.8 Å². The third-order valence-electron chi connectivity index (χ3n) is 9.62. The lowest BCUT2D eigenvalue weighted by Gasteiger charge is -2.20. The molecule has 58 heavy (non-hydrogen) atoms. The highest BCUT2D eigenvalue weighted by atomic mass is 31.2. The molecule has 0 heterocycles. The lowest BCUT2D eigenvalue weighted by Crippen LogP contribution is -2.34. The first-order valence-electron chi connectivity index (χ1n) is 22.7. The standard InChI is InChI=1S/C46H82NO10P/c1-3-5-7-9-11-13-15-17-18-19-20-21-22-23-24-26-27-29-31-33-35-37-44(48)54-39-42(40-55-58(52,53)56-41-43(47)46(50)51)57-45(49)38-36-34-32-30-28-25-16-14-12-10-8-6-4-2/h6,8,10,12,14,16,21-22,42-43H,3-5,7,9,11,13,15,17-20,23-41,47H2,1-2H3,(H,50,51)(H,52,53)/b8-6+,12-10+,16-14+,22-21+/t42?,43-/m0/s1. The molecule has 336 valence electrons. The second kappa shape index (κ2) is 41.2. The van der Waals surface area contributed by atoms with Gasteiger partial charge in [-0.3, -0.25) is 23.4 Å². The topological polar surface area (TPSA) is 172 Å². The van der Waals surface area contributed by atoms with Gasteiger partial charge in [0.05, 0.1) is 13.2 Å².